The number of hydrogen-bond acceptors (Lipinski definition) is 2. The molecule has 1 aromatic rings. The number of aromatic nitrogens is 1. The molecule has 1 aliphatic rings. The van der Waals surface area contributed by atoms with Gasteiger partial charge in [0.15, 0.2) is 0 Å². The van der Waals surface area contributed by atoms with Crippen LogP contribution in [0.15, 0.2) is 6.07 Å². The number of rotatable bonds is 5. The van der Waals surface area contributed by atoms with Crippen LogP contribution < -0.4 is 5.73 Å². The number of nitrogens with zero attached hydrogens (tertiary/aromatic N) is 1. The third-order valence-corrected chi connectivity index (χ3v) is 3.75. The van der Waals surface area contributed by atoms with Crippen LogP contribution in [0, 0.1) is 6.92 Å². The van der Waals surface area contributed by atoms with Gasteiger partial charge >= 0.3 is 0 Å². The summed E-state index contributed by atoms with van der Waals surface area (Å²) >= 11 is 0. The Hall–Kier alpha value is -1.29. The number of aliphatic hydroxyl groups is 1. The van der Waals surface area contributed by atoms with Gasteiger partial charge < -0.3 is 15.4 Å². The van der Waals surface area contributed by atoms with Crippen LogP contribution in [0.4, 0.5) is 0 Å². The first-order valence-electron chi connectivity index (χ1n) is 6.75. The van der Waals surface area contributed by atoms with Gasteiger partial charge in [-0.05, 0) is 45.1 Å². The van der Waals surface area contributed by atoms with Gasteiger partial charge in [-0.2, -0.15) is 0 Å². The third-order valence-electron chi connectivity index (χ3n) is 3.75. The fourth-order valence-corrected chi connectivity index (χ4v) is 2.82. The third kappa shape index (κ3) is 2.75. The lowest BCUT2D eigenvalue weighted by Crippen LogP contribution is -2.13. The first-order valence-corrected chi connectivity index (χ1v) is 6.75. The lowest BCUT2D eigenvalue weighted by molar-refractivity contribution is -0.118. The molecule has 1 unspecified atom stereocenters. The van der Waals surface area contributed by atoms with Gasteiger partial charge in [0.25, 0.3) is 0 Å². The number of primary amides is 1. The second-order valence-corrected chi connectivity index (χ2v) is 5.17. The zero-order chi connectivity index (χ0) is 13.1. The molecule has 1 atom stereocenters. The van der Waals surface area contributed by atoms with Gasteiger partial charge in [0.2, 0.25) is 5.91 Å². The average molecular weight is 250 g/mol. The van der Waals surface area contributed by atoms with Crippen molar-refractivity contribution in [2.45, 2.75) is 58.1 Å². The lowest BCUT2D eigenvalue weighted by atomic mass is 9.95. The predicted molar refractivity (Wildman–Crippen MR) is 70.1 cm³/mol. The Morgan fingerprint density at radius 3 is 3.06 bits per heavy atom. The molecule has 0 saturated heterocycles. The Kier molecular flexibility index (Phi) is 4.07. The molecule has 18 heavy (non-hydrogen) atoms. The summed E-state index contributed by atoms with van der Waals surface area (Å²) in [5, 5.41) is 9.97. The Bertz CT molecular complexity index is 437. The molecule has 1 heterocycles. The van der Waals surface area contributed by atoms with E-state index in [-0.39, 0.29) is 12.0 Å². The number of hydrogen-bond donors (Lipinski definition) is 2. The van der Waals surface area contributed by atoms with Gasteiger partial charge in [0, 0.05) is 29.9 Å². The van der Waals surface area contributed by atoms with Crippen LogP contribution in [0.1, 0.15) is 55.2 Å². The fourth-order valence-electron chi connectivity index (χ4n) is 2.82. The largest absolute Gasteiger partial charge is 0.388 e. The minimum atomic E-state index is -0.292. The van der Waals surface area contributed by atoms with Gasteiger partial charge in [-0.1, -0.05) is 0 Å². The highest BCUT2D eigenvalue weighted by Gasteiger charge is 2.22. The van der Waals surface area contributed by atoms with Crippen molar-refractivity contribution < 1.29 is 9.90 Å². The number of unbranched alkanes of at least 4 members (excludes halogenated alkanes) is 1. The van der Waals surface area contributed by atoms with Crippen LogP contribution in [0.2, 0.25) is 0 Å². The fraction of sp³-hybridized carbons (Fsp3) is 0.643. The maximum absolute atomic E-state index is 10.7. The predicted octanol–water partition coefficient (Wildman–Crippen LogP) is 1.82. The van der Waals surface area contributed by atoms with Crippen molar-refractivity contribution in [1.82, 2.24) is 4.57 Å². The van der Waals surface area contributed by atoms with E-state index in [0.29, 0.717) is 6.42 Å². The number of fused-ring (bicyclic) bond motifs is 1. The molecular weight excluding hydrogens is 228 g/mol. The summed E-state index contributed by atoms with van der Waals surface area (Å²) in [4.78, 5) is 10.7. The van der Waals surface area contributed by atoms with Crippen molar-refractivity contribution in [3.8, 4) is 0 Å². The number of amides is 1. The van der Waals surface area contributed by atoms with E-state index >= 15 is 0 Å². The van der Waals surface area contributed by atoms with Gasteiger partial charge in [0.1, 0.15) is 0 Å². The van der Waals surface area contributed by atoms with E-state index in [2.05, 4.69) is 17.6 Å². The quantitative estimate of drug-likeness (QED) is 0.783. The molecule has 1 aromatic heterocycles. The SMILES string of the molecule is Cc1cc2c(n1CCCCC(N)=O)CCCC2O. The second-order valence-electron chi connectivity index (χ2n) is 5.17. The van der Waals surface area contributed by atoms with Crippen molar-refractivity contribution in [1.29, 1.82) is 0 Å². The zero-order valence-corrected chi connectivity index (χ0v) is 11.0. The number of aliphatic hydroxyl groups excluding tert-OH is 1. The Labute approximate surface area is 108 Å². The van der Waals surface area contributed by atoms with Crippen LogP contribution in [-0.4, -0.2) is 15.6 Å². The second kappa shape index (κ2) is 5.57. The molecule has 100 valence electrons. The Morgan fingerprint density at radius 1 is 1.56 bits per heavy atom. The van der Waals surface area contributed by atoms with E-state index in [1.807, 2.05) is 0 Å². The maximum Gasteiger partial charge on any atom is 0.217 e. The number of aryl methyl sites for hydroxylation is 1. The number of carbonyl (C=O) groups is 1. The molecule has 1 amide bonds. The molecule has 0 bridgehead atoms. The van der Waals surface area contributed by atoms with E-state index in [1.54, 1.807) is 0 Å². The summed E-state index contributed by atoms with van der Waals surface area (Å²) in [6.07, 6.45) is 4.95. The van der Waals surface area contributed by atoms with E-state index in [9.17, 15) is 9.90 Å². The summed E-state index contributed by atoms with van der Waals surface area (Å²) in [5.74, 6) is -0.225. The van der Waals surface area contributed by atoms with Crippen molar-refractivity contribution in [3.05, 3.63) is 23.0 Å². The van der Waals surface area contributed by atoms with E-state index < -0.39 is 0 Å². The normalized spacial score (nSPS) is 18.7. The molecule has 3 N–H and O–H groups in total. The summed E-state index contributed by atoms with van der Waals surface area (Å²) in [5.41, 5.74) is 8.73. The molecule has 0 fully saturated rings. The molecule has 0 aliphatic heterocycles. The highest BCUT2D eigenvalue weighted by molar-refractivity contribution is 5.73. The molecule has 4 nitrogen and oxygen atoms in total. The van der Waals surface area contributed by atoms with Crippen LogP contribution >= 0.6 is 0 Å². The highest BCUT2D eigenvalue weighted by Crippen LogP contribution is 2.32. The summed E-state index contributed by atoms with van der Waals surface area (Å²) in [6, 6.07) is 2.10. The summed E-state index contributed by atoms with van der Waals surface area (Å²) in [7, 11) is 0. The van der Waals surface area contributed by atoms with Gasteiger partial charge in [-0.15, -0.1) is 0 Å². The van der Waals surface area contributed by atoms with Gasteiger partial charge in [-0.25, -0.2) is 0 Å². The minimum absolute atomic E-state index is 0.225. The maximum atomic E-state index is 10.7. The smallest absolute Gasteiger partial charge is 0.217 e. The molecule has 4 heteroatoms. The van der Waals surface area contributed by atoms with E-state index in [1.165, 1.54) is 11.4 Å². The van der Waals surface area contributed by atoms with Gasteiger partial charge in [-0.3, -0.25) is 4.79 Å². The standard InChI is InChI=1S/C14H22N2O2/c1-10-9-11-12(5-4-6-13(11)17)16(10)8-3-2-7-14(15)18/h9,13,17H,2-8H2,1H3,(H2,15,18). The minimum Gasteiger partial charge on any atom is -0.388 e. The van der Waals surface area contributed by atoms with Crippen molar-refractivity contribution in [3.63, 3.8) is 0 Å². The van der Waals surface area contributed by atoms with E-state index in [0.717, 1.165) is 44.2 Å². The van der Waals surface area contributed by atoms with Crippen LogP contribution in [0.3, 0.4) is 0 Å². The molecule has 0 spiro atoms. The number of nitrogens with two attached hydrogens (primary N) is 1. The van der Waals surface area contributed by atoms with Crippen molar-refractivity contribution in [2.24, 2.45) is 5.73 Å². The van der Waals surface area contributed by atoms with Crippen LogP contribution in [0.25, 0.3) is 0 Å². The highest BCUT2D eigenvalue weighted by atomic mass is 16.3. The number of carbonyl (C=O) groups excluding carboxylic acids is 1. The zero-order valence-electron chi connectivity index (χ0n) is 11.0. The molecule has 0 radical (unpaired) electrons. The Morgan fingerprint density at radius 2 is 2.33 bits per heavy atom. The summed E-state index contributed by atoms with van der Waals surface area (Å²) in [6.45, 7) is 3.00. The average Bonchev–Trinajstić information content (AvgIpc) is 2.63. The monoisotopic (exact) mass is 250 g/mol. The first kappa shape index (κ1) is 13.1. The van der Waals surface area contributed by atoms with Crippen molar-refractivity contribution >= 4 is 5.91 Å². The summed E-state index contributed by atoms with van der Waals surface area (Å²) < 4.78 is 2.29. The lowest BCUT2D eigenvalue weighted by Gasteiger charge is -2.20. The molecule has 1 aliphatic carbocycles. The molecule has 2 rings (SSSR count). The first-order chi connectivity index (χ1) is 8.59. The van der Waals surface area contributed by atoms with Crippen LogP contribution in [0.5, 0.6) is 0 Å². The molecular formula is C14H22N2O2. The topological polar surface area (TPSA) is 68.2 Å². The molecule has 0 aromatic carbocycles. The Balaban J connectivity index is 2.02. The van der Waals surface area contributed by atoms with E-state index in [4.69, 9.17) is 5.73 Å². The molecule has 0 saturated carbocycles. The van der Waals surface area contributed by atoms with Crippen LogP contribution in [-0.2, 0) is 17.8 Å². The van der Waals surface area contributed by atoms with Gasteiger partial charge in [0.05, 0.1) is 6.10 Å². The van der Waals surface area contributed by atoms with Crippen molar-refractivity contribution in [2.75, 3.05) is 0 Å².